The predicted octanol–water partition coefficient (Wildman–Crippen LogP) is 6.57. The highest BCUT2D eigenvalue weighted by Gasteiger charge is 2.27. The monoisotopic (exact) mass is 488 g/mol. The van der Waals surface area contributed by atoms with Gasteiger partial charge in [-0.2, -0.15) is 8.42 Å². The standard InChI is InChI=1S/C29H25FO4S/c1-20-11-15-25(16-12-20)35(31,32)33-19-24-14-13-22-17-23(30)18-28(29(22)34-24)27-10-6-5-9-26(27)21-7-3-2-4-8-21/h2-12,15-18,24H,13-14,19H2,1H3/t24-/m1/s1. The summed E-state index contributed by atoms with van der Waals surface area (Å²) in [5.74, 6) is 0.240. The Morgan fingerprint density at radius 1 is 0.886 bits per heavy atom. The smallest absolute Gasteiger partial charge is 0.297 e. The van der Waals surface area contributed by atoms with Gasteiger partial charge in [0, 0.05) is 5.56 Å². The molecule has 0 saturated carbocycles. The Hall–Kier alpha value is -3.48. The van der Waals surface area contributed by atoms with Crippen LogP contribution in [-0.2, 0) is 20.7 Å². The summed E-state index contributed by atoms with van der Waals surface area (Å²) >= 11 is 0. The van der Waals surface area contributed by atoms with Crippen molar-refractivity contribution < 1.29 is 21.7 Å². The summed E-state index contributed by atoms with van der Waals surface area (Å²) < 4.78 is 51.5. The second-order valence-corrected chi connectivity index (χ2v) is 10.3. The van der Waals surface area contributed by atoms with Crippen LogP contribution in [0.4, 0.5) is 4.39 Å². The van der Waals surface area contributed by atoms with Gasteiger partial charge in [0.25, 0.3) is 10.1 Å². The van der Waals surface area contributed by atoms with Crippen molar-refractivity contribution in [2.24, 2.45) is 0 Å². The lowest BCUT2D eigenvalue weighted by atomic mass is 9.90. The van der Waals surface area contributed by atoms with Crippen molar-refractivity contribution in [2.75, 3.05) is 6.61 Å². The molecular formula is C29H25FO4S. The van der Waals surface area contributed by atoms with Crippen LogP contribution in [0.3, 0.4) is 0 Å². The minimum absolute atomic E-state index is 0.110. The number of hydrogen-bond acceptors (Lipinski definition) is 4. The van der Waals surface area contributed by atoms with Crippen LogP contribution >= 0.6 is 0 Å². The van der Waals surface area contributed by atoms with Crippen molar-refractivity contribution in [1.82, 2.24) is 0 Å². The van der Waals surface area contributed by atoms with Crippen molar-refractivity contribution >= 4 is 10.1 Å². The van der Waals surface area contributed by atoms with E-state index in [1.807, 2.05) is 61.5 Å². The number of ether oxygens (including phenoxy) is 1. The fourth-order valence-corrected chi connectivity index (χ4v) is 5.30. The maximum atomic E-state index is 14.6. The second kappa shape index (κ2) is 9.64. The van der Waals surface area contributed by atoms with E-state index in [1.54, 1.807) is 12.1 Å². The normalized spacial score (nSPS) is 15.3. The van der Waals surface area contributed by atoms with Gasteiger partial charge < -0.3 is 4.74 Å². The molecule has 0 radical (unpaired) electrons. The summed E-state index contributed by atoms with van der Waals surface area (Å²) in [6.45, 7) is 1.77. The van der Waals surface area contributed by atoms with Gasteiger partial charge in [0.1, 0.15) is 24.3 Å². The van der Waals surface area contributed by atoms with Gasteiger partial charge >= 0.3 is 0 Å². The first-order valence-electron chi connectivity index (χ1n) is 11.5. The molecule has 6 heteroatoms. The van der Waals surface area contributed by atoms with Gasteiger partial charge in [-0.3, -0.25) is 4.18 Å². The first kappa shape index (κ1) is 23.3. The molecule has 1 heterocycles. The molecule has 0 spiro atoms. The van der Waals surface area contributed by atoms with Crippen molar-refractivity contribution in [3.63, 3.8) is 0 Å². The zero-order valence-electron chi connectivity index (χ0n) is 19.3. The summed E-state index contributed by atoms with van der Waals surface area (Å²) in [5, 5.41) is 0. The molecule has 1 atom stereocenters. The number of benzene rings is 4. The van der Waals surface area contributed by atoms with E-state index in [2.05, 4.69) is 0 Å². The first-order chi connectivity index (χ1) is 16.9. The molecule has 1 aliphatic rings. The molecule has 4 nitrogen and oxygen atoms in total. The summed E-state index contributed by atoms with van der Waals surface area (Å²) in [7, 11) is -3.91. The molecular weight excluding hydrogens is 463 g/mol. The van der Waals surface area contributed by atoms with Gasteiger partial charge in [-0.1, -0.05) is 72.3 Å². The Morgan fingerprint density at radius 2 is 1.57 bits per heavy atom. The molecule has 178 valence electrons. The maximum absolute atomic E-state index is 14.6. The van der Waals surface area contributed by atoms with E-state index in [4.69, 9.17) is 8.92 Å². The molecule has 0 N–H and O–H groups in total. The third kappa shape index (κ3) is 4.99. The zero-order chi connectivity index (χ0) is 24.4. The summed E-state index contributed by atoms with van der Waals surface area (Å²) in [6.07, 6.45) is 0.613. The second-order valence-electron chi connectivity index (χ2n) is 8.68. The topological polar surface area (TPSA) is 52.6 Å². The van der Waals surface area contributed by atoms with Crippen molar-refractivity contribution in [3.8, 4) is 28.0 Å². The van der Waals surface area contributed by atoms with E-state index < -0.39 is 16.2 Å². The molecule has 35 heavy (non-hydrogen) atoms. The highest BCUT2D eigenvalue weighted by molar-refractivity contribution is 7.86. The summed E-state index contributed by atoms with van der Waals surface area (Å²) in [6, 6.07) is 27.2. The van der Waals surface area contributed by atoms with Crippen molar-refractivity contribution in [2.45, 2.75) is 30.8 Å². The minimum atomic E-state index is -3.91. The van der Waals surface area contributed by atoms with Crippen LogP contribution < -0.4 is 4.74 Å². The molecule has 4 aromatic carbocycles. The quantitative estimate of drug-likeness (QED) is 0.288. The highest BCUT2D eigenvalue weighted by Crippen LogP contribution is 2.42. The fraction of sp³-hybridized carbons (Fsp3) is 0.172. The van der Waals surface area contributed by atoms with Crippen LogP contribution in [-0.4, -0.2) is 21.1 Å². The summed E-state index contributed by atoms with van der Waals surface area (Å²) in [5.41, 5.74) is 5.20. The zero-order valence-corrected chi connectivity index (χ0v) is 20.1. The maximum Gasteiger partial charge on any atom is 0.297 e. The predicted molar refractivity (Wildman–Crippen MR) is 134 cm³/mol. The molecule has 0 amide bonds. The average molecular weight is 489 g/mol. The van der Waals surface area contributed by atoms with Crippen LogP contribution in [0.1, 0.15) is 17.5 Å². The SMILES string of the molecule is Cc1ccc(S(=O)(=O)OC[C@H]2CCc3cc(F)cc(-c4ccccc4-c4ccccc4)c3O2)cc1. The fourth-order valence-electron chi connectivity index (χ4n) is 4.36. The molecule has 0 aromatic heterocycles. The lowest BCUT2D eigenvalue weighted by Gasteiger charge is -2.28. The van der Waals surface area contributed by atoms with Gasteiger partial charge in [0.15, 0.2) is 0 Å². The van der Waals surface area contributed by atoms with E-state index in [-0.39, 0.29) is 17.3 Å². The van der Waals surface area contributed by atoms with Gasteiger partial charge in [0.2, 0.25) is 0 Å². The molecule has 0 fully saturated rings. The van der Waals surface area contributed by atoms with Crippen LogP contribution in [0.2, 0.25) is 0 Å². The molecule has 1 aliphatic heterocycles. The largest absolute Gasteiger partial charge is 0.487 e. The molecule has 0 saturated heterocycles. The van der Waals surface area contributed by atoms with Gasteiger partial charge in [0.05, 0.1) is 4.90 Å². The third-order valence-electron chi connectivity index (χ3n) is 6.17. The Labute approximate surface area is 205 Å². The highest BCUT2D eigenvalue weighted by atomic mass is 32.2. The molecule has 0 unspecified atom stereocenters. The van der Waals surface area contributed by atoms with E-state index in [9.17, 15) is 12.8 Å². The van der Waals surface area contributed by atoms with Crippen LogP contribution in [0.15, 0.2) is 95.9 Å². The number of aryl methyl sites for hydroxylation is 2. The van der Waals surface area contributed by atoms with Crippen molar-refractivity contribution in [1.29, 1.82) is 0 Å². The Bertz CT molecular complexity index is 1450. The third-order valence-corrected chi connectivity index (χ3v) is 7.47. The van der Waals surface area contributed by atoms with Gasteiger partial charge in [-0.15, -0.1) is 0 Å². The van der Waals surface area contributed by atoms with Crippen LogP contribution in [0, 0.1) is 12.7 Å². The van der Waals surface area contributed by atoms with E-state index in [0.717, 1.165) is 27.8 Å². The Morgan fingerprint density at radius 3 is 2.31 bits per heavy atom. The minimum Gasteiger partial charge on any atom is -0.487 e. The Balaban J connectivity index is 1.44. The molecule has 4 aromatic rings. The number of fused-ring (bicyclic) bond motifs is 1. The number of halogens is 1. The summed E-state index contributed by atoms with van der Waals surface area (Å²) in [4.78, 5) is 0.110. The van der Waals surface area contributed by atoms with Gasteiger partial charge in [-0.05, 0) is 66.3 Å². The average Bonchev–Trinajstić information content (AvgIpc) is 2.88. The lowest BCUT2D eigenvalue weighted by molar-refractivity contribution is 0.113. The van der Waals surface area contributed by atoms with E-state index in [0.29, 0.717) is 24.2 Å². The molecule has 0 aliphatic carbocycles. The number of rotatable bonds is 6. The van der Waals surface area contributed by atoms with E-state index >= 15 is 0 Å². The van der Waals surface area contributed by atoms with Crippen molar-refractivity contribution in [3.05, 3.63) is 108 Å². The molecule has 5 rings (SSSR count). The number of hydrogen-bond donors (Lipinski definition) is 0. The first-order valence-corrected chi connectivity index (χ1v) is 12.9. The Kier molecular flexibility index (Phi) is 6.41. The van der Waals surface area contributed by atoms with E-state index in [1.165, 1.54) is 24.3 Å². The lowest BCUT2D eigenvalue weighted by Crippen LogP contribution is -2.29. The van der Waals surface area contributed by atoms with Gasteiger partial charge in [-0.25, -0.2) is 4.39 Å². The van der Waals surface area contributed by atoms with Crippen LogP contribution in [0.25, 0.3) is 22.3 Å². The molecule has 0 bridgehead atoms. The van der Waals surface area contributed by atoms with Crippen LogP contribution in [0.5, 0.6) is 5.75 Å².